The average molecular weight is 427 g/mol. The predicted molar refractivity (Wildman–Crippen MR) is 101 cm³/mol. The molecule has 2 unspecified atom stereocenters. The molecule has 1 amide bonds. The average Bonchev–Trinajstić information content (AvgIpc) is 2.65. The highest BCUT2D eigenvalue weighted by atomic mass is 32.2. The molecule has 2 rings (SSSR count). The third-order valence-corrected chi connectivity index (χ3v) is 4.66. The smallest absolute Gasteiger partial charge is 0.351 e. The third-order valence-electron chi connectivity index (χ3n) is 4.15. The number of nitrogens with one attached hydrogen (secondary N) is 2. The van der Waals surface area contributed by atoms with Crippen LogP contribution in [0.1, 0.15) is 35.1 Å². The maximum Gasteiger partial charge on any atom is 0.416 e. The molecule has 154 valence electrons. The van der Waals surface area contributed by atoms with Crippen molar-refractivity contribution in [1.29, 1.82) is 5.26 Å². The number of halogens is 4. The van der Waals surface area contributed by atoms with E-state index in [-0.39, 0.29) is 23.4 Å². The number of carbonyl (C=O) groups excluding carboxylic acids is 1. The molecule has 2 atom stereocenters. The number of benzene rings is 2. The van der Waals surface area contributed by atoms with Crippen molar-refractivity contribution in [3.8, 4) is 6.07 Å². The molecule has 0 saturated carbocycles. The van der Waals surface area contributed by atoms with Gasteiger partial charge in [-0.2, -0.15) is 18.4 Å². The zero-order valence-electron chi connectivity index (χ0n) is 15.4. The standard InChI is InChI=1S/C19H17F4N3O2S/c1-11(12-4-6-17(16(20)8-12)26-29(2)28)18(27)25-10-13-3-5-15(19(21,22)23)7-14(13)9-24/h3-8,11,26H,10H2,1-2H3,(H,25,27). The summed E-state index contributed by atoms with van der Waals surface area (Å²) in [6.45, 7) is 1.38. The molecule has 0 radical (unpaired) electrons. The van der Waals surface area contributed by atoms with E-state index in [0.29, 0.717) is 5.56 Å². The predicted octanol–water partition coefficient (Wildman–Crippen LogP) is 3.84. The molecule has 0 aliphatic carbocycles. The summed E-state index contributed by atoms with van der Waals surface area (Å²) < 4.78 is 65.8. The van der Waals surface area contributed by atoms with Crippen LogP contribution in [0.5, 0.6) is 0 Å². The highest BCUT2D eigenvalue weighted by Gasteiger charge is 2.31. The molecular weight excluding hydrogens is 410 g/mol. The monoisotopic (exact) mass is 427 g/mol. The van der Waals surface area contributed by atoms with E-state index in [0.717, 1.165) is 24.3 Å². The molecule has 0 bridgehead atoms. The third kappa shape index (κ3) is 5.77. The Morgan fingerprint density at radius 3 is 2.48 bits per heavy atom. The molecule has 0 heterocycles. The molecule has 0 saturated heterocycles. The lowest BCUT2D eigenvalue weighted by molar-refractivity contribution is -0.137. The van der Waals surface area contributed by atoms with Gasteiger partial charge in [0.05, 0.1) is 28.8 Å². The number of hydrogen-bond donors (Lipinski definition) is 2. The van der Waals surface area contributed by atoms with E-state index in [9.17, 15) is 26.6 Å². The Balaban J connectivity index is 2.10. The van der Waals surface area contributed by atoms with Crippen LogP contribution in [0.25, 0.3) is 0 Å². The minimum atomic E-state index is -4.57. The quantitative estimate of drug-likeness (QED) is 0.688. The number of rotatable bonds is 6. The highest BCUT2D eigenvalue weighted by Crippen LogP contribution is 2.30. The van der Waals surface area contributed by atoms with Gasteiger partial charge in [0.25, 0.3) is 0 Å². The van der Waals surface area contributed by atoms with E-state index in [2.05, 4.69) is 10.0 Å². The lowest BCUT2D eigenvalue weighted by Crippen LogP contribution is -2.28. The van der Waals surface area contributed by atoms with E-state index < -0.39 is 40.4 Å². The van der Waals surface area contributed by atoms with Gasteiger partial charge >= 0.3 is 6.18 Å². The topological polar surface area (TPSA) is 82.0 Å². The molecule has 2 aromatic rings. The molecule has 5 nitrogen and oxygen atoms in total. The van der Waals surface area contributed by atoms with Crippen molar-refractivity contribution in [2.75, 3.05) is 11.0 Å². The second kappa shape index (κ2) is 9.05. The van der Waals surface area contributed by atoms with Crippen LogP contribution in [0.15, 0.2) is 36.4 Å². The fraction of sp³-hybridized carbons (Fsp3) is 0.263. The second-order valence-corrected chi connectivity index (χ2v) is 7.33. The normalized spacial score (nSPS) is 13.3. The molecule has 0 fully saturated rings. The summed E-state index contributed by atoms with van der Waals surface area (Å²) in [6, 6.07) is 8.39. The molecule has 0 aromatic heterocycles. The number of hydrogen-bond acceptors (Lipinski definition) is 3. The van der Waals surface area contributed by atoms with Gasteiger partial charge in [0, 0.05) is 12.8 Å². The summed E-state index contributed by atoms with van der Waals surface area (Å²) in [7, 11) is -1.45. The van der Waals surface area contributed by atoms with Crippen molar-refractivity contribution < 1.29 is 26.6 Å². The van der Waals surface area contributed by atoms with Crippen molar-refractivity contribution in [1.82, 2.24) is 5.32 Å². The van der Waals surface area contributed by atoms with Crippen LogP contribution in [0.2, 0.25) is 0 Å². The van der Waals surface area contributed by atoms with Crippen LogP contribution in [0.3, 0.4) is 0 Å². The second-order valence-electron chi connectivity index (χ2n) is 6.22. The molecule has 0 aliphatic rings. The van der Waals surface area contributed by atoms with E-state index in [1.807, 2.05) is 0 Å². The van der Waals surface area contributed by atoms with E-state index in [4.69, 9.17) is 5.26 Å². The Morgan fingerprint density at radius 1 is 1.24 bits per heavy atom. The number of amides is 1. The number of carbonyl (C=O) groups is 1. The molecule has 29 heavy (non-hydrogen) atoms. The molecule has 2 aromatic carbocycles. The zero-order valence-corrected chi connectivity index (χ0v) is 16.2. The van der Waals surface area contributed by atoms with Crippen LogP contribution in [0.4, 0.5) is 23.2 Å². The Hall–Kier alpha value is -2.93. The molecule has 2 N–H and O–H groups in total. The summed E-state index contributed by atoms with van der Waals surface area (Å²) >= 11 is 0. The molecular formula is C19H17F4N3O2S. The van der Waals surface area contributed by atoms with Gasteiger partial charge in [0.2, 0.25) is 5.91 Å². The molecule has 10 heteroatoms. The number of alkyl halides is 3. The fourth-order valence-electron chi connectivity index (χ4n) is 2.54. The van der Waals surface area contributed by atoms with E-state index in [1.54, 1.807) is 6.07 Å². The van der Waals surface area contributed by atoms with Crippen LogP contribution in [-0.2, 0) is 28.5 Å². The first kappa shape index (κ1) is 22.4. The van der Waals surface area contributed by atoms with Crippen LogP contribution >= 0.6 is 0 Å². The van der Waals surface area contributed by atoms with Crippen molar-refractivity contribution in [3.63, 3.8) is 0 Å². The first-order valence-electron chi connectivity index (χ1n) is 8.30. The van der Waals surface area contributed by atoms with Gasteiger partial charge in [-0.1, -0.05) is 12.1 Å². The Labute approximate surface area is 167 Å². The number of nitrogens with zero attached hydrogens (tertiary/aromatic N) is 1. The van der Waals surface area contributed by atoms with Crippen LogP contribution in [-0.4, -0.2) is 16.4 Å². The Kier molecular flexibility index (Phi) is 6.97. The van der Waals surface area contributed by atoms with Gasteiger partial charge in [-0.05, 0) is 42.3 Å². The number of anilines is 1. The highest BCUT2D eigenvalue weighted by molar-refractivity contribution is 7.85. The lowest BCUT2D eigenvalue weighted by Gasteiger charge is -2.15. The van der Waals surface area contributed by atoms with Crippen molar-refractivity contribution >= 4 is 22.6 Å². The SMILES string of the molecule is CC(C(=O)NCc1ccc(C(F)(F)F)cc1C#N)c1ccc(NS(C)=O)c(F)c1. The van der Waals surface area contributed by atoms with Gasteiger partial charge < -0.3 is 10.0 Å². The maximum atomic E-state index is 14.1. The summed E-state index contributed by atoms with van der Waals surface area (Å²) in [5, 5.41) is 11.6. The van der Waals surface area contributed by atoms with Crippen molar-refractivity contribution in [2.45, 2.75) is 25.6 Å². The van der Waals surface area contributed by atoms with Gasteiger partial charge in [0.15, 0.2) is 0 Å². The van der Waals surface area contributed by atoms with E-state index >= 15 is 0 Å². The maximum absolute atomic E-state index is 14.1. The van der Waals surface area contributed by atoms with Gasteiger partial charge in [-0.25, -0.2) is 8.60 Å². The first-order chi connectivity index (χ1) is 13.5. The summed E-state index contributed by atoms with van der Waals surface area (Å²) in [4.78, 5) is 12.4. The van der Waals surface area contributed by atoms with Crippen molar-refractivity contribution in [3.05, 3.63) is 64.5 Å². The Morgan fingerprint density at radius 2 is 1.93 bits per heavy atom. The van der Waals surface area contributed by atoms with Gasteiger partial charge in [0.1, 0.15) is 16.8 Å². The molecule has 0 spiro atoms. The minimum absolute atomic E-state index is 0.0330. The Bertz CT molecular complexity index is 986. The first-order valence-corrected chi connectivity index (χ1v) is 9.86. The summed E-state index contributed by atoms with van der Waals surface area (Å²) in [6.07, 6.45) is -3.22. The van der Waals surface area contributed by atoms with E-state index in [1.165, 1.54) is 25.3 Å². The summed E-state index contributed by atoms with van der Waals surface area (Å²) in [5.41, 5.74) is -0.514. The lowest BCUT2D eigenvalue weighted by atomic mass is 9.99. The largest absolute Gasteiger partial charge is 0.416 e. The van der Waals surface area contributed by atoms with Gasteiger partial charge in [-0.3, -0.25) is 4.79 Å². The van der Waals surface area contributed by atoms with Gasteiger partial charge in [-0.15, -0.1) is 0 Å². The van der Waals surface area contributed by atoms with Crippen LogP contribution in [0, 0.1) is 17.1 Å². The van der Waals surface area contributed by atoms with Crippen LogP contribution < -0.4 is 10.0 Å². The minimum Gasteiger partial charge on any atom is -0.351 e. The summed E-state index contributed by atoms with van der Waals surface area (Å²) in [5.74, 6) is -1.93. The number of nitriles is 1. The molecule has 0 aliphatic heterocycles. The zero-order chi connectivity index (χ0) is 21.8. The fourth-order valence-corrected chi connectivity index (χ4v) is 3.01. The van der Waals surface area contributed by atoms with Crippen molar-refractivity contribution in [2.24, 2.45) is 0 Å².